The highest BCUT2D eigenvalue weighted by molar-refractivity contribution is 5.70. The zero-order valence-corrected chi connectivity index (χ0v) is 12.7. The van der Waals surface area contributed by atoms with Crippen LogP contribution < -0.4 is 0 Å². The van der Waals surface area contributed by atoms with E-state index in [1.807, 2.05) is 0 Å². The predicted molar refractivity (Wildman–Crippen MR) is 74.1 cm³/mol. The summed E-state index contributed by atoms with van der Waals surface area (Å²) in [5.74, 6) is -3.84. The fourth-order valence-electron chi connectivity index (χ4n) is 0.391. The fourth-order valence-corrected chi connectivity index (χ4v) is 0.391. The van der Waals surface area contributed by atoms with Gasteiger partial charge < -0.3 is 20.4 Å². The molecule has 0 aliphatic carbocycles. The Kier molecular flexibility index (Phi) is 16.3. The van der Waals surface area contributed by atoms with Crippen molar-refractivity contribution in [3.63, 3.8) is 0 Å². The summed E-state index contributed by atoms with van der Waals surface area (Å²) in [6, 6.07) is 0. The maximum absolute atomic E-state index is 9.79. The molecule has 0 bridgehead atoms. The minimum atomic E-state index is -0.948. The van der Waals surface area contributed by atoms with Gasteiger partial charge in [0.2, 0.25) is 0 Å². The summed E-state index contributed by atoms with van der Waals surface area (Å²) in [4.78, 5) is 39.0. The summed E-state index contributed by atoms with van der Waals surface area (Å²) < 4.78 is 0. The number of carboxylic acids is 4. The van der Waals surface area contributed by atoms with Crippen LogP contribution in [0.3, 0.4) is 0 Å². The molecule has 124 valence electrons. The van der Waals surface area contributed by atoms with Crippen molar-refractivity contribution >= 4 is 23.9 Å². The lowest BCUT2D eigenvalue weighted by atomic mass is 10.2. The first-order valence-electron chi connectivity index (χ1n) is 6.30. The summed E-state index contributed by atoms with van der Waals surface area (Å²) >= 11 is 0. The van der Waals surface area contributed by atoms with E-state index in [0.29, 0.717) is 0 Å². The van der Waals surface area contributed by atoms with Crippen LogP contribution in [0.1, 0.15) is 47.0 Å². The zero-order valence-electron chi connectivity index (χ0n) is 12.7. The number of hydrogen-bond acceptors (Lipinski definition) is 4. The molecule has 0 aromatic rings. The lowest BCUT2D eigenvalue weighted by Crippen LogP contribution is -2.03. The maximum Gasteiger partial charge on any atom is 0.305 e. The normalized spacial score (nSPS) is 9.05. The number of rotatable bonds is 6. The molecule has 0 aliphatic rings. The Hall–Kier alpha value is -2.12. The van der Waals surface area contributed by atoms with Gasteiger partial charge in [0, 0.05) is 12.8 Å². The second-order valence-corrected chi connectivity index (χ2v) is 4.63. The van der Waals surface area contributed by atoms with Crippen molar-refractivity contribution in [3.05, 3.63) is 0 Å². The highest BCUT2D eigenvalue weighted by Gasteiger charge is 2.00. The van der Waals surface area contributed by atoms with E-state index >= 15 is 0 Å². The third-order valence-corrected chi connectivity index (χ3v) is 1.77. The van der Waals surface area contributed by atoms with Crippen LogP contribution in [-0.2, 0) is 19.2 Å². The molecule has 4 N–H and O–H groups in total. The monoisotopic (exact) mass is 308 g/mol. The minimum Gasteiger partial charge on any atom is -0.481 e. The van der Waals surface area contributed by atoms with Gasteiger partial charge in [-0.25, -0.2) is 0 Å². The van der Waals surface area contributed by atoms with Crippen LogP contribution in [0.5, 0.6) is 0 Å². The number of carboxylic acid groups (broad SMARTS) is 4. The van der Waals surface area contributed by atoms with Gasteiger partial charge in [-0.2, -0.15) is 0 Å². The van der Waals surface area contributed by atoms with Gasteiger partial charge >= 0.3 is 23.9 Å². The van der Waals surface area contributed by atoms with Gasteiger partial charge in [-0.1, -0.05) is 27.7 Å². The molecule has 0 aliphatic heterocycles. The smallest absolute Gasteiger partial charge is 0.305 e. The summed E-state index contributed by atoms with van der Waals surface area (Å²) in [7, 11) is 0. The van der Waals surface area contributed by atoms with Gasteiger partial charge in [-0.05, 0) is 6.42 Å². The van der Waals surface area contributed by atoms with E-state index < -0.39 is 23.9 Å². The van der Waals surface area contributed by atoms with Gasteiger partial charge in [0.1, 0.15) is 0 Å². The molecule has 0 aromatic heterocycles. The summed E-state index contributed by atoms with van der Waals surface area (Å²) in [5, 5.41) is 32.0. The molecule has 0 spiro atoms. The van der Waals surface area contributed by atoms with Crippen LogP contribution in [0.2, 0.25) is 0 Å². The zero-order chi connectivity index (χ0) is 17.6. The molecular formula is C13H24O8. The van der Waals surface area contributed by atoms with E-state index in [2.05, 4.69) is 0 Å². The number of carbonyl (C=O) groups is 4. The SMILES string of the molecule is CC(C)C(=O)O.CC(C)C(=O)O.O=C(O)CCCC(=O)O. The molecule has 0 fully saturated rings. The predicted octanol–water partition coefficient (Wildman–Crippen LogP) is 1.78. The van der Waals surface area contributed by atoms with Gasteiger partial charge in [0.15, 0.2) is 0 Å². The molecule has 0 heterocycles. The lowest BCUT2D eigenvalue weighted by Gasteiger charge is -1.89. The van der Waals surface area contributed by atoms with E-state index in [4.69, 9.17) is 20.4 Å². The first-order valence-corrected chi connectivity index (χ1v) is 6.30. The molecule has 21 heavy (non-hydrogen) atoms. The van der Waals surface area contributed by atoms with Crippen molar-refractivity contribution in [1.29, 1.82) is 0 Å². The molecule has 0 saturated carbocycles. The van der Waals surface area contributed by atoms with Crippen molar-refractivity contribution in [2.24, 2.45) is 11.8 Å². The van der Waals surface area contributed by atoms with Crippen molar-refractivity contribution in [2.75, 3.05) is 0 Å². The lowest BCUT2D eigenvalue weighted by molar-refractivity contribution is -0.141. The molecule has 0 rings (SSSR count). The van der Waals surface area contributed by atoms with Crippen LogP contribution >= 0.6 is 0 Å². The largest absolute Gasteiger partial charge is 0.481 e. The summed E-state index contributed by atoms with van der Waals surface area (Å²) in [6.07, 6.45) is 0.0866. The van der Waals surface area contributed by atoms with E-state index in [-0.39, 0.29) is 31.1 Å². The summed E-state index contributed by atoms with van der Waals surface area (Å²) in [5.41, 5.74) is 0. The van der Waals surface area contributed by atoms with E-state index in [1.54, 1.807) is 27.7 Å². The van der Waals surface area contributed by atoms with E-state index in [1.165, 1.54) is 0 Å². The molecule has 0 aromatic carbocycles. The molecule has 8 nitrogen and oxygen atoms in total. The highest BCUT2D eigenvalue weighted by Crippen LogP contribution is 1.93. The molecule has 8 heteroatoms. The average Bonchev–Trinajstić information content (AvgIpc) is 2.29. The van der Waals surface area contributed by atoms with E-state index in [9.17, 15) is 19.2 Å². The van der Waals surface area contributed by atoms with Gasteiger partial charge in [-0.3, -0.25) is 19.2 Å². The second-order valence-electron chi connectivity index (χ2n) is 4.63. The molecule has 0 radical (unpaired) electrons. The van der Waals surface area contributed by atoms with Crippen LogP contribution in [0.25, 0.3) is 0 Å². The number of hydrogen-bond donors (Lipinski definition) is 4. The van der Waals surface area contributed by atoms with Gasteiger partial charge in [0.25, 0.3) is 0 Å². The summed E-state index contributed by atoms with van der Waals surface area (Å²) in [6.45, 7) is 6.56. The molecule has 0 saturated heterocycles. The van der Waals surface area contributed by atoms with Crippen molar-refractivity contribution in [2.45, 2.75) is 47.0 Å². The topological polar surface area (TPSA) is 149 Å². The van der Waals surface area contributed by atoms with Crippen molar-refractivity contribution in [3.8, 4) is 0 Å². The molecule has 0 unspecified atom stereocenters. The molecule has 0 amide bonds. The van der Waals surface area contributed by atoms with Crippen LogP contribution in [-0.4, -0.2) is 44.3 Å². The van der Waals surface area contributed by atoms with E-state index in [0.717, 1.165) is 0 Å². The quantitative estimate of drug-likeness (QED) is 0.580. The Balaban J connectivity index is -0.000000240. The standard InChI is InChI=1S/C5H8O4.2C4H8O2/c6-4(7)2-1-3-5(8)9;2*1-3(2)4(5)6/h1-3H2,(H,6,7)(H,8,9);2*3H,1-2H3,(H,5,6). The van der Waals surface area contributed by atoms with Crippen molar-refractivity contribution in [1.82, 2.24) is 0 Å². The Morgan fingerprint density at radius 1 is 0.667 bits per heavy atom. The molecular weight excluding hydrogens is 284 g/mol. The Bertz CT molecular complexity index is 301. The third-order valence-electron chi connectivity index (χ3n) is 1.77. The van der Waals surface area contributed by atoms with Gasteiger partial charge in [-0.15, -0.1) is 0 Å². The van der Waals surface area contributed by atoms with Crippen LogP contribution in [0, 0.1) is 11.8 Å². The first-order chi connectivity index (χ1) is 9.41. The Labute approximate surface area is 123 Å². The average molecular weight is 308 g/mol. The van der Waals surface area contributed by atoms with Gasteiger partial charge in [0.05, 0.1) is 11.8 Å². The Morgan fingerprint density at radius 2 is 0.857 bits per heavy atom. The van der Waals surface area contributed by atoms with Crippen LogP contribution in [0.4, 0.5) is 0 Å². The second kappa shape index (κ2) is 14.3. The Morgan fingerprint density at radius 3 is 0.952 bits per heavy atom. The first kappa shape index (κ1) is 23.9. The third kappa shape index (κ3) is 31.9. The maximum atomic E-state index is 9.79. The highest BCUT2D eigenvalue weighted by atomic mass is 16.4. The minimum absolute atomic E-state index is 0.0632. The fraction of sp³-hybridized carbons (Fsp3) is 0.692. The number of aliphatic carboxylic acids is 4. The van der Waals surface area contributed by atoms with Crippen LogP contribution in [0.15, 0.2) is 0 Å². The van der Waals surface area contributed by atoms with Crippen molar-refractivity contribution < 1.29 is 39.6 Å². The molecule has 0 atom stereocenters.